The van der Waals surface area contributed by atoms with Crippen LogP contribution in [-0.4, -0.2) is 49.2 Å². The van der Waals surface area contributed by atoms with E-state index < -0.39 is 23.4 Å². The van der Waals surface area contributed by atoms with Crippen LogP contribution in [-0.2, 0) is 14.2 Å². The molecule has 30 heavy (non-hydrogen) atoms. The second-order valence-electron chi connectivity index (χ2n) is 9.73. The molecule has 0 atom stereocenters. The van der Waals surface area contributed by atoms with Gasteiger partial charge in [-0.25, -0.2) is 9.59 Å². The van der Waals surface area contributed by atoms with Crippen LogP contribution in [0.2, 0.25) is 0 Å². The van der Waals surface area contributed by atoms with Gasteiger partial charge in [0.15, 0.2) is 0 Å². The molecule has 0 bridgehead atoms. The van der Waals surface area contributed by atoms with E-state index in [4.69, 9.17) is 14.2 Å². The number of alkyl carbamates (subject to hydrolysis) is 2. The topological polar surface area (TPSA) is 85.9 Å². The maximum Gasteiger partial charge on any atom is 0.407 e. The van der Waals surface area contributed by atoms with Crippen LogP contribution >= 0.6 is 0 Å². The molecule has 0 unspecified atom stereocenters. The Balaban J connectivity index is 4.29. The fraction of sp³-hybridized carbons (Fsp3) is 0.913. The molecule has 0 aromatic rings. The average molecular weight is 431 g/mol. The van der Waals surface area contributed by atoms with E-state index in [1.807, 2.05) is 41.5 Å². The lowest BCUT2D eigenvalue weighted by Crippen LogP contribution is -2.44. The second-order valence-corrected chi connectivity index (χ2v) is 9.73. The summed E-state index contributed by atoms with van der Waals surface area (Å²) in [6.45, 7) is 14.2. The van der Waals surface area contributed by atoms with Gasteiger partial charge in [0.05, 0.1) is 6.10 Å². The largest absolute Gasteiger partial charge is 0.444 e. The molecule has 0 heterocycles. The van der Waals surface area contributed by atoms with E-state index in [0.29, 0.717) is 6.61 Å². The summed E-state index contributed by atoms with van der Waals surface area (Å²) in [5.74, 6) is 0. The Morgan fingerprint density at radius 2 is 1.10 bits per heavy atom. The van der Waals surface area contributed by atoms with E-state index in [-0.39, 0.29) is 19.2 Å². The van der Waals surface area contributed by atoms with Crippen LogP contribution in [0.4, 0.5) is 9.59 Å². The smallest absolute Gasteiger partial charge is 0.407 e. The molecule has 0 spiro atoms. The molecule has 0 aliphatic carbocycles. The molecular formula is C23H46N2O5. The van der Waals surface area contributed by atoms with Crippen LogP contribution in [0.15, 0.2) is 0 Å². The molecule has 0 aliphatic heterocycles. The zero-order valence-electron chi connectivity index (χ0n) is 20.4. The van der Waals surface area contributed by atoms with Crippen molar-refractivity contribution < 1.29 is 23.8 Å². The van der Waals surface area contributed by atoms with Crippen LogP contribution in [0, 0.1) is 0 Å². The van der Waals surface area contributed by atoms with E-state index in [0.717, 1.165) is 12.8 Å². The number of nitrogens with one attached hydrogen (secondary N) is 2. The Hall–Kier alpha value is -1.50. The van der Waals surface area contributed by atoms with Crippen molar-refractivity contribution in [2.75, 3.05) is 19.7 Å². The molecule has 0 fully saturated rings. The standard InChI is InChI=1S/C23H46N2O5/c1-8-9-10-11-12-13-14-15-16-28-19(17-24-20(26)29-22(2,3)4)18-25-21(27)30-23(5,6)7/h19H,8-18H2,1-7H3,(H,24,26)(H,25,27). The molecule has 2 N–H and O–H groups in total. The van der Waals surface area contributed by atoms with Crippen LogP contribution in [0.5, 0.6) is 0 Å². The van der Waals surface area contributed by atoms with Crippen LogP contribution in [0.3, 0.4) is 0 Å². The predicted octanol–water partition coefficient (Wildman–Crippen LogP) is 5.56. The van der Waals surface area contributed by atoms with Gasteiger partial charge in [-0.1, -0.05) is 51.9 Å². The highest BCUT2D eigenvalue weighted by Crippen LogP contribution is 2.10. The zero-order chi connectivity index (χ0) is 23.0. The van der Waals surface area contributed by atoms with E-state index in [1.54, 1.807) is 0 Å². The maximum absolute atomic E-state index is 11.9. The number of carbonyl (C=O) groups excluding carboxylic acids is 2. The molecule has 0 aromatic heterocycles. The van der Waals surface area contributed by atoms with Gasteiger partial charge in [0, 0.05) is 19.7 Å². The molecular weight excluding hydrogens is 384 g/mol. The summed E-state index contributed by atoms with van der Waals surface area (Å²) in [6, 6.07) is 0. The van der Waals surface area contributed by atoms with Crippen LogP contribution < -0.4 is 10.6 Å². The summed E-state index contributed by atoms with van der Waals surface area (Å²) in [6.07, 6.45) is 8.42. The third-order valence-electron chi connectivity index (χ3n) is 4.10. The second kappa shape index (κ2) is 15.3. The molecule has 0 saturated carbocycles. The number of unbranched alkanes of at least 4 members (excludes halogenated alkanes) is 7. The van der Waals surface area contributed by atoms with Crippen molar-refractivity contribution in [3.8, 4) is 0 Å². The highest BCUT2D eigenvalue weighted by atomic mass is 16.6. The van der Waals surface area contributed by atoms with Gasteiger partial charge in [-0.3, -0.25) is 0 Å². The van der Waals surface area contributed by atoms with Crippen molar-refractivity contribution in [2.45, 2.75) is 117 Å². The molecule has 0 saturated heterocycles. The van der Waals surface area contributed by atoms with Gasteiger partial charge in [-0.15, -0.1) is 0 Å². The zero-order valence-corrected chi connectivity index (χ0v) is 20.4. The summed E-state index contributed by atoms with van der Waals surface area (Å²) in [5.41, 5.74) is -1.13. The number of hydrogen-bond acceptors (Lipinski definition) is 5. The van der Waals surface area contributed by atoms with Gasteiger partial charge in [0.2, 0.25) is 0 Å². The summed E-state index contributed by atoms with van der Waals surface area (Å²) in [5, 5.41) is 5.43. The molecule has 0 aromatic carbocycles. The lowest BCUT2D eigenvalue weighted by atomic mass is 10.1. The van der Waals surface area contributed by atoms with Crippen LogP contribution in [0.1, 0.15) is 99.8 Å². The first-order chi connectivity index (χ1) is 13.9. The first-order valence-electron chi connectivity index (χ1n) is 11.5. The minimum absolute atomic E-state index is 0.252. The van der Waals surface area contributed by atoms with Gasteiger partial charge in [-0.05, 0) is 48.0 Å². The average Bonchev–Trinajstić information content (AvgIpc) is 2.59. The maximum atomic E-state index is 11.9. The number of ether oxygens (including phenoxy) is 3. The summed E-state index contributed by atoms with van der Waals surface area (Å²) in [7, 11) is 0. The Labute approximate surface area is 184 Å². The third-order valence-corrected chi connectivity index (χ3v) is 4.10. The fourth-order valence-corrected chi connectivity index (χ4v) is 2.70. The fourth-order valence-electron chi connectivity index (χ4n) is 2.70. The Kier molecular flexibility index (Phi) is 14.6. The molecule has 7 heteroatoms. The van der Waals surface area contributed by atoms with E-state index >= 15 is 0 Å². The predicted molar refractivity (Wildman–Crippen MR) is 121 cm³/mol. The number of rotatable bonds is 14. The van der Waals surface area contributed by atoms with E-state index in [2.05, 4.69) is 17.6 Å². The van der Waals surface area contributed by atoms with Crippen molar-refractivity contribution in [3.05, 3.63) is 0 Å². The summed E-state index contributed by atoms with van der Waals surface area (Å²) < 4.78 is 16.4. The quantitative estimate of drug-likeness (QED) is 0.352. The molecule has 0 radical (unpaired) electrons. The van der Waals surface area contributed by atoms with Crippen molar-refractivity contribution in [3.63, 3.8) is 0 Å². The van der Waals surface area contributed by atoms with Gasteiger partial charge in [-0.2, -0.15) is 0 Å². The normalized spacial score (nSPS) is 12.0. The number of amides is 2. The minimum Gasteiger partial charge on any atom is -0.444 e. The van der Waals surface area contributed by atoms with E-state index in [9.17, 15) is 9.59 Å². The van der Waals surface area contributed by atoms with Crippen molar-refractivity contribution in [1.29, 1.82) is 0 Å². The minimum atomic E-state index is -0.563. The van der Waals surface area contributed by atoms with Crippen molar-refractivity contribution >= 4 is 12.2 Å². The van der Waals surface area contributed by atoms with Gasteiger partial charge < -0.3 is 24.8 Å². The van der Waals surface area contributed by atoms with Gasteiger partial charge in [0.25, 0.3) is 0 Å². The lowest BCUT2D eigenvalue weighted by molar-refractivity contribution is 0.0274. The third kappa shape index (κ3) is 19.8. The van der Waals surface area contributed by atoms with E-state index in [1.165, 1.54) is 38.5 Å². The van der Waals surface area contributed by atoms with Gasteiger partial charge >= 0.3 is 12.2 Å². The highest BCUT2D eigenvalue weighted by Gasteiger charge is 2.20. The monoisotopic (exact) mass is 430 g/mol. The molecule has 178 valence electrons. The first-order valence-corrected chi connectivity index (χ1v) is 11.5. The Morgan fingerprint density at radius 1 is 0.700 bits per heavy atom. The molecule has 0 aliphatic rings. The highest BCUT2D eigenvalue weighted by molar-refractivity contribution is 5.68. The molecule has 0 rings (SSSR count). The Morgan fingerprint density at radius 3 is 1.50 bits per heavy atom. The number of hydrogen-bond donors (Lipinski definition) is 2. The number of carbonyl (C=O) groups is 2. The lowest BCUT2D eigenvalue weighted by Gasteiger charge is -2.24. The van der Waals surface area contributed by atoms with Crippen molar-refractivity contribution in [2.24, 2.45) is 0 Å². The SMILES string of the molecule is CCCCCCCCCCOC(CNC(=O)OC(C)(C)C)CNC(=O)OC(C)(C)C. The van der Waals surface area contributed by atoms with Crippen molar-refractivity contribution in [1.82, 2.24) is 10.6 Å². The summed E-state index contributed by atoms with van der Waals surface area (Å²) >= 11 is 0. The Bertz CT molecular complexity index is 437. The molecule has 2 amide bonds. The van der Waals surface area contributed by atoms with Crippen LogP contribution in [0.25, 0.3) is 0 Å². The van der Waals surface area contributed by atoms with Gasteiger partial charge in [0.1, 0.15) is 11.2 Å². The molecule has 7 nitrogen and oxygen atoms in total. The summed E-state index contributed by atoms with van der Waals surface area (Å²) in [4.78, 5) is 23.8. The first kappa shape index (κ1) is 28.5.